The van der Waals surface area contributed by atoms with Gasteiger partial charge in [-0.05, 0) is 19.3 Å². The minimum atomic E-state index is -0.143. The van der Waals surface area contributed by atoms with E-state index in [1.54, 1.807) is 19.5 Å². The van der Waals surface area contributed by atoms with Crippen LogP contribution in [0.5, 0.6) is 0 Å². The Morgan fingerprint density at radius 1 is 1.24 bits per heavy atom. The predicted octanol–water partition coefficient (Wildman–Crippen LogP) is 1.87. The molecule has 1 amide bonds. The zero-order chi connectivity index (χ0) is 15.5. The van der Waals surface area contributed by atoms with Crippen LogP contribution in [0.1, 0.15) is 43.5 Å². The number of carbonyl (C=O) groups is 1. The Bertz CT molecular complexity index is 403. The number of aromatic nitrogens is 2. The summed E-state index contributed by atoms with van der Waals surface area (Å²) in [5.41, 5.74) is 0.490. The predicted molar refractivity (Wildman–Crippen MR) is 83.7 cm³/mol. The van der Waals surface area contributed by atoms with E-state index >= 15 is 0 Å². The van der Waals surface area contributed by atoms with Gasteiger partial charge in [0.1, 0.15) is 0 Å². The molecule has 0 saturated carbocycles. The van der Waals surface area contributed by atoms with Crippen LogP contribution >= 0.6 is 0 Å². The molecule has 118 valence electrons. The number of nitrogens with one attached hydrogen (secondary N) is 1. The molecule has 0 spiro atoms. The van der Waals surface area contributed by atoms with Gasteiger partial charge in [0.15, 0.2) is 0 Å². The molecular formula is C15H26N4O2. The van der Waals surface area contributed by atoms with Crippen LogP contribution in [0, 0.1) is 0 Å². The highest BCUT2D eigenvalue weighted by atomic mass is 16.5. The number of nitrogens with zero attached hydrogens (tertiary/aromatic N) is 3. The van der Waals surface area contributed by atoms with E-state index < -0.39 is 0 Å². The first-order valence-electron chi connectivity index (χ1n) is 7.57. The van der Waals surface area contributed by atoms with Gasteiger partial charge in [-0.1, -0.05) is 13.8 Å². The van der Waals surface area contributed by atoms with Crippen molar-refractivity contribution in [1.82, 2.24) is 15.3 Å². The normalized spacial score (nSPS) is 10.4. The van der Waals surface area contributed by atoms with Gasteiger partial charge in [0.05, 0.1) is 5.56 Å². The number of anilines is 1. The van der Waals surface area contributed by atoms with Crippen LogP contribution in [0.15, 0.2) is 12.4 Å². The molecule has 0 radical (unpaired) electrons. The maximum Gasteiger partial charge on any atom is 0.254 e. The highest BCUT2D eigenvalue weighted by Crippen LogP contribution is 2.08. The fraction of sp³-hybridized carbons (Fsp3) is 0.667. The lowest BCUT2D eigenvalue weighted by atomic mass is 10.3. The van der Waals surface area contributed by atoms with Crippen molar-refractivity contribution in [3.63, 3.8) is 0 Å². The zero-order valence-electron chi connectivity index (χ0n) is 13.3. The Morgan fingerprint density at radius 3 is 2.38 bits per heavy atom. The topological polar surface area (TPSA) is 67.4 Å². The van der Waals surface area contributed by atoms with Crippen molar-refractivity contribution in [2.45, 2.75) is 33.1 Å². The van der Waals surface area contributed by atoms with Crippen LogP contribution < -0.4 is 10.2 Å². The van der Waals surface area contributed by atoms with Crippen LogP contribution in [0.25, 0.3) is 0 Å². The molecule has 0 bridgehead atoms. The third-order valence-electron chi connectivity index (χ3n) is 2.98. The fourth-order valence-electron chi connectivity index (χ4n) is 1.97. The van der Waals surface area contributed by atoms with E-state index in [-0.39, 0.29) is 5.91 Å². The van der Waals surface area contributed by atoms with Crippen molar-refractivity contribution < 1.29 is 9.53 Å². The Balaban J connectivity index is 2.57. The largest absolute Gasteiger partial charge is 0.385 e. The summed E-state index contributed by atoms with van der Waals surface area (Å²) in [6, 6.07) is 0. The maximum atomic E-state index is 11.9. The third kappa shape index (κ3) is 6.08. The van der Waals surface area contributed by atoms with Gasteiger partial charge in [-0.2, -0.15) is 0 Å². The summed E-state index contributed by atoms with van der Waals surface area (Å²) in [4.78, 5) is 22.7. The standard InChI is InChI=1S/C15H26N4O2/c1-4-8-19(9-5-2)15-17-11-13(12-18-15)14(20)16-7-6-10-21-3/h11-12H,4-10H2,1-3H3,(H,16,20). The molecule has 0 saturated heterocycles. The van der Waals surface area contributed by atoms with Gasteiger partial charge in [-0.15, -0.1) is 0 Å². The lowest BCUT2D eigenvalue weighted by Crippen LogP contribution is -2.28. The summed E-state index contributed by atoms with van der Waals surface area (Å²) in [7, 11) is 1.65. The van der Waals surface area contributed by atoms with Gasteiger partial charge in [-0.3, -0.25) is 4.79 Å². The number of ether oxygens (including phenoxy) is 1. The Labute approximate surface area is 126 Å². The van der Waals surface area contributed by atoms with Gasteiger partial charge in [0, 0.05) is 45.7 Å². The van der Waals surface area contributed by atoms with E-state index in [4.69, 9.17) is 4.74 Å². The van der Waals surface area contributed by atoms with Gasteiger partial charge >= 0.3 is 0 Å². The van der Waals surface area contributed by atoms with Crippen LogP contribution in [-0.4, -0.2) is 49.2 Å². The lowest BCUT2D eigenvalue weighted by molar-refractivity contribution is 0.0948. The average Bonchev–Trinajstić information content (AvgIpc) is 2.51. The number of rotatable bonds is 10. The molecule has 1 rings (SSSR count). The minimum Gasteiger partial charge on any atom is -0.385 e. The quantitative estimate of drug-likeness (QED) is 0.667. The van der Waals surface area contributed by atoms with Gasteiger partial charge < -0.3 is 15.0 Å². The van der Waals surface area contributed by atoms with Crippen LogP contribution in [0.4, 0.5) is 5.95 Å². The second-order valence-corrected chi connectivity index (χ2v) is 4.86. The van der Waals surface area contributed by atoms with Crippen LogP contribution in [-0.2, 0) is 4.74 Å². The van der Waals surface area contributed by atoms with E-state index in [1.807, 2.05) is 0 Å². The number of hydrogen-bond acceptors (Lipinski definition) is 5. The first kappa shape index (κ1) is 17.4. The van der Waals surface area contributed by atoms with Crippen molar-refractivity contribution in [3.8, 4) is 0 Å². The second kappa shape index (κ2) is 10.1. The Hall–Kier alpha value is -1.69. The number of methoxy groups -OCH3 is 1. The van der Waals surface area contributed by atoms with Gasteiger partial charge in [-0.25, -0.2) is 9.97 Å². The van der Waals surface area contributed by atoms with E-state index in [0.29, 0.717) is 24.7 Å². The molecule has 0 aliphatic rings. The molecule has 0 fully saturated rings. The van der Waals surface area contributed by atoms with Crippen molar-refractivity contribution in [2.24, 2.45) is 0 Å². The highest BCUT2D eigenvalue weighted by Gasteiger charge is 2.10. The molecular weight excluding hydrogens is 268 g/mol. The molecule has 0 unspecified atom stereocenters. The summed E-state index contributed by atoms with van der Waals surface area (Å²) in [6.07, 6.45) is 6.07. The fourth-order valence-corrected chi connectivity index (χ4v) is 1.97. The van der Waals surface area contributed by atoms with Crippen LogP contribution in [0.3, 0.4) is 0 Å². The minimum absolute atomic E-state index is 0.143. The molecule has 0 aliphatic carbocycles. The number of carbonyl (C=O) groups excluding carboxylic acids is 1. The summed E-state index contributed by atoms with van der Waals surface area (Å²) in [5, 5.41) is 2.82. The molecule has 21 heavy (non-hydrogen) atoms. The number of amides is 1. The van der Waals surface area contributed by atoms with Gasteiger partial charge in [0.25, 0.3) is 5.91 Å². The smallest absolute Gasteiger partial charge is 0.254 e. The van der Waals surface area contributed by atoms with Crippen LogP contribution in [0.2, 0.25) is 0 Å². The first-order valence-corrected chi connectivity index (χ1v) is 7.57. The summed E-state index contributed by atoms with van der Waals surface area (Å²) in [5.74, 6) is 0.546. The molecule has 6 heteroatoms. The van der Waals surface area contributed by atoms with Crippen molar-refractivity contribution in [2.75, 3.05) is 38.3 Å². The van der Waals surface area contributed by atoms with Crippen molar-refractivity contribution in [1.29, 1.82) is 0 Å². The SMILES string of the molecule is CCCN(CCC)c1ncc(C(=O)NCCCOC)cn1. The van der Waals surface area contributed by atoms with Crippen molar-refractivity contribution >= 4 is 11.9 Å². The molecule has 0 aliphatic heterocycles. The number of hydrogen-bond donors (Lipinski definition) is 1. The first-order chi connectivity index (χ1) is 10.2. The highest BCUT2D eigenvalue weighted by molar-refractivity contribution is 5.93. The van der Waals surface area contributed by atoms with Crippen molar-refractivity contribution in [3.05, 3.63) is 18.0 Å². The third-order valence-corrected chi connectivity index (χ3v) is 2.98. The lowest BCUT2D eigenvalue weighted by Gasteiger charge is -2.21. The van der Waals surface area contributed by atoms with E-state index in [1.165, 1.54) is 0 Å². The van der Waals surface area contributed by atoms with E-state index in [9.17, 15) is 4.79 Å². The summed E-state index contributed by atoms with van der Waals surface area (Å²) < 4.78 is 4.94. The van der Waals surface area contributed by atoms with Gasteiger partial charge in [0.2, 0.25) is 5.95 Å². The average molecular weight is 294 g/mol. The molecule has 1 aromatic rings. The monoisotopic (exact) mass is 294 g/mol. The molecule has 1 aromatic heterocycles. The molecule has 1 heterocycles. The molecule has 6 nitrogen and oxygen atoms in total. The van der Waals surface area contributed by atoms with E-state index in [0.717, 1.165) is 32.4 Å². The second-order valence-electron chi connectivity index (χ2n) is 4.86. The van der Waals surface area contributed by atoms with E-state index in [2.05, 4.69) is 34.0 Å². The molecule has 1 N–H and O–H groups in total. The molecule has 0 atom stereocenters. The maximum absolute atomic E-state index is 11.9. The Morgan fingerprint density at radius 2 is 1.86 bits per heavy atom. The molecule has 0 aromatic carbocycles. The summed E-state index contributed by atoms with van der Waals surface area (Å²) in [6.45, 7) is 7.34. The summed E-state index contributed by atoms with van der Waals surface area (Å²) >= 11 is 0. The Kier molecular flexibility index (Phi) is 8.35. The zero-order valence-corrected chi connectivity index (χ0v) is 13.3.